The molecule has 1 N–H and O–H groups in total. The van der Waals surface area contributed by atoms with Gasteiger partial charge in [0.1, 0.15) is 0 Å². The summed E-state index contributed by atoms with van der Waals surface area (Å²) in [5.41, 5.74) is 2.90. The van der Waals surface area contributed by atoms with Crippen LogP contribution in [0.25, 0.3) is 0 Å². The van der Waals surface area contributed by atoms with E-state index in [9.17, 15) is 0 Å². The summed E-state index contributed by atoms with van der Waals surface area (Å²) < 4.78 is 0. The standard InChI is InChI=1S/C18H35N/c1-14(10-12-15(2)17(4,5)6)11-13-16(3)19-18(7,8)9/h14,19H,2-3,10-13H2,1,4-9H3. The first-order valence-corrected chi connectivity index (χ1v) is 7.56. The van der Waals surface area contributed by atoms with E-state index in [0.29, 0.717) is 0 Å². The number of allylic oxidation sites excluding steroid dienone is 2. The molecule has 19 heavy (non-hydrogen) atoms. The second-order valence-electron chi connectivity index (χ2n) is 8.01. The van der Waals surface area contributed by atoms with Crippen LogP contribution in [0.15, 0.2) is 24.4 Å². The summed E-state index contributed by atoms with van der Waals surface area (Å²) in [6.45, 7) is 23.9. The summed E-state index contributed by atoms with van der Waals surface area (Å²) in [4.78, 5) is 0. The molecule has 1 nitrogen and oxygen atoms in total. The summed E-state index contributed by atoms with van der Waals surface area (Å²) in [7, 11) is 0. The van der Waals surface area contributed by atoms with Gasteiger partial charge in [0.05, 0.1) is 0 Å². The predicted octanol–water partition coefficient (Wildman–Crippen LogP) is 5.69. The van der Waals surface area contributed by atoms with Crippen LogP contribution in [-0.4, -0.2) is 5.54 Å². The number of nitrogens with one attached hydrogen (secondary N) is 1. The van der Waals surface area contributed by atoms with E-state index in [0.717, 1.165) is 24.5 Å². The van der Waals surface area contributed by atoms with Crippen molar-refractivity contribution in [3.63, 3.8) is 0 Å². The van der Waals surface area contributed by atoms with Gasteiger partial charge in [0.15, 0.2) is 0 Å². The molecule has 0 aromatic rings. The fourth-order valence-electron chi connectivity index (χ4n) is 1.95. The Hall–Kier alpha value is -0.720. The maximum absolute atomic E-state index is 4.21. The highest BCUT2D eigenvalue weighted by atomic mass is 15.0. The number of hydrogen-bond donors (Lipinski definition) is 1. The largest absolute Gasteiger partial charge is 0.384 e. The first-order valence-electron chi connectivity index (χ1n) is 7.56. The number of hydrogen-bond acceptors (Lipinski definition) is 1. The quantitative estimate of drug-likeness (QED) is 0.583. The van der Waals surface area contributed by atoms with Gasteiger partial charge in [-0.2, -0.15) is 0 Å². The summed E-state index contributed by atoms with van der Waals surface area (Å²) in [6, 6.07) is 0. The highest BCUT2D eigenvalue weighted by Gasteiger charge is 2.16. The molecule has 0 fully saturated rings. The molecule has 0 saturated carbocycles. The lowest BCUT2D eigenvalue weighted by Crippen LogP contribution is -2.34. The first kappa shape index (κ1) is 18.3. The van der Waals surface area contributed by atoms with E-state index in [1.54, 1.807) is 0 Å². The minimum Gasteiger partial charge on any atom is -0.384 e. The topological polar surface area (TPSA) is 12.0 Å². The average molecular weight is 265 g/mol. The lowest BCUT2D eigenvalue weighted by molar-refractivity contribution is 0.419. The van der Waals surface area contributed by atoms with E-state index in [-0.39, 0.29) is 11.0 Å². The van der Waals surface area contributed by atoms with Crippen LogP contribution in [0.1, 0.15) is 74.1 Å². The summed E-state index contributed by atoms with van der Waals surface area (Å²) in [5, 5.41) is 3.45. The van der Waals surface area contributed by atoms with Crippen molar-refractivity contribution in [2.75, 3.05) is 0 Å². The van der Waals surface area contributed by atoms with Crippen LogP contribution in [0.3, 0.4) is 0 Å². The normalized spacial score (nSPS) is 14.1. The Kier molecular flexibility index (Phi) is 6.89. The molecular weight excluding hydrogens is 230 g/mol. The molecule has 1 atom stereocenters. The van der Waals surface area contributed by atoms with Crippen molar-refractivity contribution >= 4 is 0 Å². The Labute approximate surface area is 121 Å². The SMILES string of the molecule is C=C(CCC(C)CCC(=C)C(C)(C)C)NC(C)(C)C. The molecule has 0 aromatic heterocycles. The van der Waals surface area contributed by atoms with Crippen molar-refractivity contribution in [3.8, 4) is 0 Å². The summed E-state index contributed by atoms with van der Waals surface area (Å²) in [5.74, 6) is 0.734. The van der Waals surface area contributed by atoms with Gasteiger partial charge < -0.3 is 5.32 Å². The molecule has 0 aromatic carbocycles. The van der Waals surface area contributed by atoms with Crippen LogP contribution in [0.4, 0.5) is 0 Å². The molecule has 1 heteroatoms. The Bertz CT molecular complexity index is 299. The minimum atomic E-state index is 0.126. The Balaban J connectivity index is 3.91. The molecule has 0 spiro atoms. The number of rotatable bonds is 7. The van der Waals surface area contributed by atoms with E-state index >= 15 is 0 Å². The van der Waals surface area contributed by atoms with E-state index in [1.165, 1.54) is 18.4 Å². The van der Waals surface area contributed by atoms with Gasteiger partial charge in [-0.05, 0) is 57.8 Å². The zero-order chi connectivity index (χ0) is 15.3. The average Bonchev–Trinajstić information content (AvgIpc) is 2.19. The zero-order valence-electron chi connectivity index (χ0n) is 14.3. The molecule has 112 valence electrons. The van der Waals surface area contributed by atoms with Gasteiger partial charge >= 0.3 is 0 Å². The molecule has 1 unspecified atom stereocenters. The third-order valence-electron chi connectivity index (χ3n) is 3.49. The van der Waals surface area contributed by atoms with Crippen LogP contribution >= 0.6 is 0 Å². The Morgan fingerprint density at radius 1 is 0.947 bits per heavy atom. The first-order chi connectivity index (χ1) is 8.42. The molecule has 0 saturated heterocycles. The van der Waals surface area contributed by atoms with Crippen molar-refractivity contribution in [1.82, 2.24) is 5.32 Å². The molecule has 0 bridgehead atoms. The predicted molar refractivity (Wildman–Crippen MR) is 88.3 cm³/mol. The van der Waals surface area contributed by atoms with Crippen molar-refractivity contribution in [2.45, 2.75) is 79.7 Å². The lowest BCUT2D eigenvalue weighted by atomic mass is 9.83. The molecule has 0 amide bonds. The molecule has 0 rings (SSSR count). The van der Waals surface area contributed by atoms with Gasteiger partial charge in [0.25, 0.3) is 0 Å². The minimum absolute atomic E-state index is 0.126. The van der Waals surface area contributed by atoms with Crippen molar-refractivity contribution in [1.29, 1.82) is 0 Å². The van der Waals surface area contributed by atoms with Crippen molar-refractivity contribution in [2.24, 2.45) is 11.3 Å². The van der Waals surface area contributed by atoms with Crippen LogP contribution in [0.2, 0.25) is 0 Å². The smallest absolute Gasteiger partial charge is 0.0286 e. The fourth-order valence-corrected chi connectivity index (χ4v) is 1.95. The third-order valence-corrected chi connectivity index (χ3v) is 3.49. The molecular formula is C18H35N. The van der Waals surface area contributed by atoms with E-state index in [4.69, 9.17) is 0 Å². The van der Waals surface area contributed by atoms with Crippen molar-refractivity contribution in [3.05, 3.63) is 24.4 Å². The van der Waals surface area contributed by atoms with Gasteiger partial charge in [0.2, 0.25) is 0 Å². The maximum atomic E-state index is 4.21. The fraction of sp³-hybridized carbons (Fsp3) is 0.778. The maximum Gasteiger partial charge on any atom is 0.0286 e. The van der Waals surface area contributed by atoms with Gasteiger partial charge in [-0.3, -0.25) is 0 Å². The van der Waals surface area contributed by atoms with Crippen LogP contribution < -0.4 is 5.32 Å². The van der Waals surface area contributed by atoms with E-state index < -0.39 is 0 Å². The Morgan fingerprint density at radius 2 is 1.42 bits per heavy atom. The van der Waals surface area contributed by atoms with Crippen molar-refractivity contribution < 1.29 is 0 Å². The zero-order valence-corrected chi connectivity index (χ0v) is 14.3. The van der Waals surface area contributed by atoms with Gasteiger partial charge in [-0.25, -0.2) is 0 Å². The van der Waals surface area contributed by atoms with Crippen LogP contribution in [-0.2, 0) is 0 Å². The lowest BCUT2D eigenvalue weighted by Gasteiger charge is -2.25. The molecule has 0 aliphatic carbocycles. The molecule has 0 heterocycles. The highest BCUT2D eigenvalue weighted by molar-refractivity contribution is 5.05. The molecule has 0 aliphatic heterocycles. The summed E-state index contributed by atoms with van der Waals surface area (Å²) in [6.07, 6.45) is 4.66. The second-order valence-corrected chi connectivity index (χ2v) is 8.01. The van der Waals surface area contributed by atoms with E-state index in [2.05, 4.69) is 66.9 Å². The van der Waals surface area contributed by atoms with E-state index in [1.807, 2.05) is 0 Å². The highest BCUT2D eigenvalue weighted by Crippen LogP contribution is 2.29. The molecule has 0 aliphatic rings. The van der Waals surface area contributed by atoms with Crippen LogP contribution in [0.5, 0.6) is 0 Å². The Morgan fingerprint density at radius 3 is 1.84 bits per heavy atom. The van der Waals surface area contributed by atoms with Gasteiger partial charge in [0, 0.05) is 11.2 Å². The second kappa shape index (κ2) is 7.17. The van der Waals surface area contributed by atoms with Gasteiger partial charge in [-0.1, -0.05) is 46.4 Å². The summed E-state index contributed by atoms with van der Waals surface area (Å²) >= 11 is 0. The van der Waals surface area contributed by atoms with Crippen LogP contribution in [0, 0.1) is 11.3 Å². The third kappa shape index (κ3) is 9.81. The molecule has 0 radical (unpaired) electrons. The monoisotopic (exact) mass is 265 g/mol. The van der Waals surface area contributed by atoms with Gasteiger partial charge in [-0.15, -0.1) is 0 Å².